The van der Waals surface area contributed by atoms with Gasteiger partial charge in [0.25, 0.3) is 0 Å². The van der Waals surface area contributed by atoms with E-state index in [0.29, 0.717) is 6.54 Å². The zero-order valence-corrected chi connectivity index (χ0v) is 15.3. The molecular weight excluding hydrogens is 302 g/mol. The summed E-state index contributed by atoms with van der Waals surface area (Å²) >= 11 is 0. The van der Waals surface area contributed by atoms with Crippen molar-refractivity contribution >= 4 is 17.7 Å². The van der Waals surface area contributed by atoms with Gasteiger partial charge in [0.15, 0.2) is 5.96 Å². The monoisotopic (exact) mass is 333 g/mol. The summed E-state index contributed by atoms with van der Waals surface area (Å²) in [5, 5.41) is 12.2. The molecule has 6 nitrogen and oxygen atoms in total. The summed E-state index contributed by atoms with van der Waals surface area (Å²) in [5.41, 5.74) is 1.87. The summed E-state index contributed by atoms with van der Waals surface area (Å²) in [6, 6.07) is 7.66. The number of unbranched alkanes of at least 4 members (excludes halogenated alkanes) is 1. The van der Waals surface area contributed by atoms with Crippen LogP contribution in [0.3, 0.4) is 0 Å². The second-order valence-corrected chi connectivity index (χ2v) is 5.93. The van der Waals surface area contributed by atoms with E-state index in [1.54, 1.807) is 0 Å². The SMILES string of the molecule is CCCCNC(=NCc1ccc(NC(=O)NC(C)C)cc1)NCC. The van der Waals surface area contributed by atoms with Crippen LogP contribution in [-0.2, 0) is 6.54 Å². The van der Waals surface area contributed by atoms with Crippen LogP contribution in [0.1, 0.15) is 46.1 Å². The van der Waals surface area contributed by atoms with Crippen LogP contribution >= 0.6 is 0 Å². The summed E-state index contributed by atoms with van der Waals surface area (Å²) in [4.78, 5) is 16.2. The van der Waals surface area contributed by atoms with Gasteiger partial charge in [-0.05, 0) is 44.9 Å². The van der Waals surface area contributed by atoms with Crippen molar-refractivity contribution in [3.63, 3.8) is 0 Å². The molecule has 24 heavy (non-hydrogen) atoms. The van der Waals surface area contributed by atoms with Gasteiger partial charge in [-0.2, -0.15) is 0 Å². The summed E-state index contributed by atoms with van der Waals surface area (Å²) < 4.78 is 0. The van der Waals surface area contributed by atoms with Gasteiger partial charge in [-0.15, -0.1) is 0 Å². The molecule has 1 aromatic rings. The number of amides is 2. The lowest BCUT2D eigenvalue weighted by atomic mass is 10.2. The highest BCUT2D eigenvalue weighted by Crippen LogP contribution is 2.10. The van der Waals surface area contributed by atoms with Crippen LogP contribution in [0.25, 0.3) is 0 Å². The third-order valence-corrected chi connectivity index (χ3v) is 3.22. The van der Waals surface area contributed by atoms with E-state index < -0.39 is 0 Å². The lowest BCUT2D eigenvalue weighted by Gasteiger charge is -2.11. The normalized spacial score (nSPS) is 11.3. The minimum absolute atomic E-state index is 0.114. The molecule has 4 N–H and O–H groups in total. The predicted octanol–water partition coefficient (Wildman–Crippen LogP) is 3.07. The zero-order chi connectivity index (χ0) is 17.8. The number of urea groups is 1. The molecule has 0 aliphatic rings. The van der Waals surface area contributed by atoms with Gasteiger partial charge >= 0.3 is 6.03 Å². The fourth-order valence-electron chi connectivity index (χ4n) is 2.02. The quantitative estimate of drug-likeness (QED) is 0.335. The van der Waals surface area contributed by atoms with Crippen molar-refractivity contribution in [3.8, 4) is 0 Å². The lowest BCUT2D eigenvalue weighted by molar-refractivity contribution is 0.250. The molecule has 0 bridgehead atoms. The molecule has 2 amide bonds. The number of rotatable bonds is 8. The first-order valence-electron chi connectivity index (χ1n) is 8.73. The minimum atomic E-state index is -0.190. The third-order valence-electron chi connectivity index (χ3n) is 3.22. The van der Waals surface area contributed by atoms with Crippen LogP contribution in [0, 0.1) is 0 Å². The molecule has 0 unspecified atom stereocenters. The van der Waals surface area contributed by atoms with Gasteiger partial charge in [0.1, 0.15) is 0 Å². The molecule has 0 radical (unpaired) electrons. The van der Waals surface area contributed by atoms with Crippen molar-refractivity contribution < 1.29 is 4.79 Å². The van der Waals surface area contributed by atoms with Gasteiger partial charge in [0.05, 0.1) is 6.54 Å². The van der Waals surface area contributed by atoms with E-state index >= 15 is 0 Å². The first kappa shape index (κ1) is 19.8. The minimum Gasteiger partial charge on any atom is -0.357 e. The van der Waals surface area contributed by atoms with E-state index in [1.807, 2.05) is 38.1 Å². The average Bonchev–Trinajstić information content (AvgIpc) is 2.53. The summed E-state index contributed by atoms with van der Waals surface area (Å²) in [5.74, 6) is 0.837. The average molecular weight is 333 g/mol. The largest absolute Gasteiger partial charge is 0.357 e. The number of aliphatic imine (C=N–C) groups is 1. The van der Waals surface area contributed by atoms with Crippen LogP contribution in [0.15, 0.2) is 29.3 Å². The Balaban J connectivity index is 2.54. The topological polar surface area (TPSA) is 77.5 Å². The van der Waals surface area contributed by atoms with Gasteiger partial charge in [-0.3, -0.25) is 0 Å². The Hall–Kier alpha value is -2.24. The summed E-state index contributed by atoms with van der Waals surface area (Å²) in [6.07, 6.45) is 2.29. The number of anilines is 1. The molecule has 6 heteroatoms. The van der Waals surface area contributed by atoms with Crippen molar-refractivity contribution in [2.75, 3.05) is 18.4 Å². The Morgan fingerprint density at radius 3 is 2.42 bits per heavy atom. The highest BCUT2D eigenvalue weighted by atomic mass is 16.2. The molecule has 0 atom stereocenters. The molecule has 0 aliphatic carbocycles. The van der Waals surface area contributed by atoms with Crippen molar-refractivity contribution in [1.82, 2.24) is 16.0 Å². The van der Waals surface area contributed by atoms with Crippen molar-refractivity contribution in [1.29, 1.82) is 0 Å². The molecule has 0 fully saturated rings. The van der Waals surface area contributed by atoms with Crippen LogP contribution in [0.4, 0.5) is 10.5 Å². The maximum atomic E-state index is 11.7. The molecule has 0 heterocycles. The molecule has 1 aromatic carbocycles. The number of guanidine groups is 1. The standard InChI is InChI=1S/C18H31N5O/c1-5-7-12-20-17(19-6-2)21-13-15-8-10-16(11-9-15)23-18(24)22-14(3)4/h8-11,14H,5-7,12-13H2,1-4H3,(H2,19,20,21)(H2,22,23,24). The Kier molecular flexibility index (Phi) is 9.34. The van der Waals surface area contributed by atoms with E-state index in [1.165, 1.54) is 0 Å². The number of hydrogen-bond donors (Lipinski definition) is 4. The predicted molar refractivity (Wildman–Crippen MR) is 101 cm³/mol. The van der Waals surface area contributed by atoms with Gasteiger partial charge in [0.2, 0.25) is 0 Å². The number of carbonyl (C=O) groups excluding carboxylic acids is 1. The maximum Gasteiger partial charge on any atom is 0.319 e. The van der Waals surface area contributed by atoms with Crippen LogP contribution in [-0.4, -0.2) is 31.1 Å². The van der Waals surface area contributed by atoms with Crippen LogP contribution in [0.2, 0.25) is 0 Å². The lowest BCUT2D eigenvalue weighted by Crippen LogP contribution is -2.37. The molecule has 134 valence electrons. The van der Waals surface area contributed by atoms with Crippen molar-refractivity contribution in [3.05, 3.63) is 29.8 Å². The number of benzene rings is 1. The Bertz CT molecular complexity index is 511. The third kappa shape index (κ3) is 8.41. The zero-order valence-electron chi connectivity index (χ0n) is 15.3. The summed E-state index contributed by atoms with van der Waals surface area (Å²) in [6.45, 7) is 10.4. The number of carbonyl (C=O) groups is 1. The first-order chi connectivity index (χ1) is 11.5. The molecular formula is C18H31N5O. The van der Waals surface area contributed by atoms with Crippen molar-refractivity contribution in [2.24, 2.45) is 4.99 Å². The highest BCUT2D eigenvalue weighted by Gasteiger charge is 2.03. The van der Waals surface area contributed by atoms with Gasteiger partial charge in [-0.25, -0.2) is 9.79 Å². The molecule has 0 saturated carbocycles. The second kappa shape index (κ2) is 11.3. The van der Waals surface area contributed by atoms with Gasteiger partial charge in [0, 0.05) is 24.8 Å². The van der Waals surface area contributed by atoms with E-state index in [4.69, 9.17) is 0 Å². The Labute approximate surface area is 145 Å². The number of nitrogens with one attached hydrogen (secondary N) is 4. The fourth-order valence-corrected chi connectivity index (χ4v) is 2.02. The van der Waals surface area contributed by atoms with Crippen LogP contribution in [0.5, 0.6) is 0 Å². The van der Waals surface area contributed by atoms with E-state index in [9.17, 15) is 4.79 Å². The molecule has 1 rings (SSSR count). The van der Waals surface area contributed by atoms with Crippen molar-refractivity contribution in [2.45, 2.75) is 53.1 Å². The number of nitrogens with zero attached hydrogens (tertiary/aromatic N) is 1. The van der Waals surface area contributed by atoms with Crippen LogP contribution < -0.4 is 21.3 Å². The second-order valence-electron chi connectivity index (χ2n) is 5.93. The van der Waals surface area contributed by atoms with E-state index in [0.717, 1.165) is 43.1 Å². The Morgan fingerprint density at radius 1 is 1.12 bits per heavy atom. The van der Waals surface area contributed by atoms with Gasteiger partial charge in [-0.1, -0.05) is 25.5 Å². The molecule has 0 spiro atoms. The molecule has 0 aromatic heterocycles. The molecule has 0 aliphatic heterocycles. The Morgan fingerprint density at radius 2 is 1.83 bits per heavy atom. The van der Waals surface area contributed by atoms with E-state index in [-0.39, 0.29) is 12.1 Å². The summed E-state index contributed by atoms with van der Waals surface area (Å²) in [7, 11) is 0. The highest BCUT2D eigenvalue weighted by molar-refractivity contribution is 5.89. The first-order valence-corrected chi connectivity index (χ1v) is 8.73. The number of hydrogen-bond acceptors (Lipinski definition) is 2. The fraction of sp³-hybridized carbons (Fsp3) is 0.556. The maximum absolute atomic E-state index is 11.7. The van der Waals surface area contributed by atoms with E-state index in [2.05, 4.69) is 40.1 Å². The smallest absolute Gasteiger partial charge is 0.319 e. The molecule has 0 saturated heterocycles. The van der Waals surface area contributed by atoms with Gasteiger partial charge < -0.3 is 21.3 Å².